The molecule has 2 aromatic rings. The predicted molar refractivity (Wildman–Crippen MR) is 91.0 cm³/mol. The Balaban J connectivity index is 1.71. The summed E-state index contributed by atoms with van der Waals surface area (Å²) < 4.78 is 15.2. The van der Waals surface area contributed by atoms with Gasteiger partial charge in [0.25, 0.3) is 0 Å². The van der Waals surface area contributed by atoms with Gasteiger partial charge in [0.2, 0.25) is 5.91 Å². The van der Waals surface area contributed by atoms with E-state index < -0.39 is 0 Å². The number of carbonyl (C=O) groups excluding carboxylic acids is 1. The van der Waals surface area contributed by atoms with Crippen molar-refractivity contribution in [3.05, 3.63) is 47.9 Å². The van der Waals surface area contributed by atoms with Crippen LogP contribution in [0.25, 0.3) is 0 Å². The molecule has 0 bridgehead atoms. The third kappa shape index (κ3) is 4.20. The second-order valence-corrected chi connectivity index (χ2v) is 6.31. The zero-order chi connectivity index (χ0) is 16.9. The number of halogens is 1. The van der Waals surface area contributed by atoms with Crippen LogP contribution in [0.15, 0.2) is 36.5 Å². The summed E-state index contributed by atoms with van der Waals surface area (Å²) in [4.78, 5) is 14.5. The van der Waals surface area contributed by atoms with E-state index in [4.69, 9.17) is 0 Å². The molecule has 0 unspecified atom stereocenters. The maximum Gasteiger partial charge on any atom is 0.239 e. The summed E-state index contributed by atoms with van der Waals surface area (Å²) in [6.45, 7) is 1.13. The Bertz CT molecular complexity index is 700. The summed E-state index contributed by atoms with van der Waals surface area (Å²) in [7, 11) is 1.81. The average Bonchev–Trinajstić information content (AvgIpc) is 2.81. The third-order valence-electron chi connectivity index (χ3n) is 4.42. The minimum absolute atomic E-state index is 0.0812. The van der Waals surface area contributed by atoms with E-state index in [2.05, 4.69) is 15.3 Å². The van der Waals surface area contributed by atoms with Crippen molar-refractivity contribution in [2.75, 3.05) is 18.4 Å². The summed E-state index contributed by atoms with van der Waals surface area (Å²) in [5.41, 5.74) is 0.947. The van der Waals surface area contributed by atoms with Gasteiger partial charge in [-0.15, -0.1) is 0 Å². The maximum atomic E-state index is 13.6. The summed E-state index contributed by atoms with van der Waals surface area (Å²) in [6, 6.07) is 8.57. The molecule has 0 spiro atoms. The summed E-state index contributed by atoms with van der Waals surface area (Å²) >= 11 is 0. The standard InChI is InChI=1S/C18H23FN4O/c1-22-11-9-17(21-22)20-18(24)13-23-10-4-2-3-8-16(23)14-6-5-7-15(19)12-14/h5-7,9,11-12,16H,2-4,8,10,13H2,1H3,(H,20,21,24)/t16-/m1/s1. The van der Waals surface area contributed by atoms with E-state index in [1.54, 1.807) is 29.1 Å². The number of hydrogen-bond acceptors (Lipinski definition) is 3. The summed E-state index contributed by atoms with van der Waals surface area (Å²) in [6.07, 6.45) is 6.03. The molecule has 1 saturated heterocycles. The van der Waals surface area contributed by atoms with Crippen LogP contribution in [0.5, 0.6) is 0 Å². The second kappa shape index (κ2) is 7.57. The molecule has 5 nitrogen and oxygen atoms in total. The predicted octanol–water partition coefficient (Wildman–Crippen LogP) is 3.12. The number of likely N-dealkylation sites (tertiary alicyclic amines) is 1. The lowest BCUT2D eigenvalue weighted by Gasteiger charge is -2.29. The van der Waals surface area contributed by atoms with Crippen molar-refractivity contribution in [3.8, 4) is 0 Å². The SMILES string of the molecule is Cn1ccc(NC(=O)CN2CCCCC[C@@H]2c2cccc(F)c2)n1. The number of rotatable bonds is 4. The van der Waals surface area contributed by atoms with Gasteiger partial charge in [0.1, 0.15) is 5.82 Å². The van der Waals surface area contributed by atoms with Gasteiger partial charge < -0.3 is 5.32 Å². The number of aromatic nitrogens is 2. The first-order chi connectivity index (χ1) is 11.6. The highest BCUT2D eigenvalue weighted by Gasteiger charge is 2.25. The topological polar surface area (TPSA) is 50.2 Å². The van der Waals surface area contributed by atoms with Crippen molar-refractivity contribution in [1.29, 1.82) is 0 Å². The van der Waals surface area contributed by atoms with Gasteiger partial charge in [0.15, 0.2) is 5.82 Å². The van der Waals surface area contributed by atoms with E-state index in [-0.39, 0.29) is 24.3 Å². The Morgan fingerprint density at radius 3 is 2.96 bits per heavy atom. The molecule has 3 rings (SSSR count). The average molecular weight is 330 g/mol. The molecule has 2 heterocycles. The zero-order valence-corrected chi connectivity index (χ0v) is 13.9. The Labute approximate surface area is 141 Å². The Morgan fingerprint density at radius 2 is 2.21 bits per heavy atom. The van der Waals surface area contributed by atoms with Gasteiger partial charge in [-0.3, -0.25) is 14.4 Å². The van der Waals surface area contributed by atoms with Crippen LogP contribution in [0.1, 0.15) is 37.3 Å². The van der Waals surface area contributed by atoms with Gasteiger partial charge in [0, 0.05) is 25.4 Å². The first-order valence-corrected chi connectivity index (χ1v) is 8.41. The van der Waals surface area contributed by atoms with Crippen molar-refractivity contribution in [1.82, 2.24) is 14.7 Å². The molecule has 1 amide bonds. The van der Waals surface area contributed by atoms with Crippen molar-refractivity contribution in [3.63, 3.8) is 0 Å². The van der Waals surface area contributed by atoms with Crippen LogP contribution >= 0.6 is 0 Å². The number of benzene rings is 1. The molecule has 1 aromatic heterocycles. The quantitative estimate of drug-likeness (QED) is 0.937. The number of hydrogen-bond donors (Lipinski definition) is 1. The van der Waals surface area contributed by atoms with E-state index >= 15 is 0 Å². The fourth-order valence-electron chi connectivity index (χ4n) is 3.30. The van der Waals surface area contributed by atoms with Gasteiger partial charge in [-0.2, -0.15) is 5.10 Å². The summed E-state index contributed by atoms with van der Waals surface area (Å²) in [5, 5.41) is 6.99. The van der Waals surface area contributed by atoms with Gasteiger partial charge in [0.05, 0.1) is 6.54 Å². The van der Waals surface area contributed by atoms with Crippen LogP contribution in [0, 0.1) is 5.82 Å². The number of nitrogens with one attached hydrogen (secondary N) is 1. The molecular formula is C18H23FN4O. The van der Waals surface area contributed by atoms with Crippen LogP contribution in [0.4, 0.5) is 10.2 Å². The van der Waals surface area contributed by atoms with Crippen LogP contribution in [-0.2, 0) is 11.8 Å². The van der Waals surface area contributed by atoms with Crippen LogP contribution in [0.3, 0.4) is 0 Å². The van der Waals surface area contributed by atoms with Gasteiger partial charge in [-0.05, 0) is 37.1 Å². The molecule has 0 saturated carbocycles. The Kier molecular flexibility index (Phi) is 5.25. The number of aryl methyl sites for hydroxylation is 1. The van der Waals surface area contributed by atoms with Crippen molar-refractivity contribution in [2.24, 2.45) is 7.05 Å². The number of anilines is 1. The lowest BCUT2D eigenvalue weighted by molar-refractivity contribution is -0.117. The minimum atomic E-state index is -0.227. The van der Waals surface area contributed by atoms with Crippen LogP contribution in [-0.4, -0.2) is 33.7 Å². The van der Waals surface area contributed by atoms with Gasteiger partial charge in [-0.1, -0.05) is 25.0 Å². The fraction of sp³-hybridized carbons (Fsp3) is 0.444. The molecule has 0 aliphatic carbocycles. The second-order valence-electron chi connectivity index (χ2n) is 6.31. The van der Waals surface area contributed by atoms with Gasteiger partial charge >= 0.3 is 0 Å². The number of amides is 1. The monoisotopic (exact) mass is 330 g/mol. The lowest BCUT2D eigenvalue weighted by atomic mass is 10.0. The van der Waals surface area contributed by atoms with Gasteiger partial charge in [-0.25, -0.2) is 4.39 Å². The van der Waals surface area contributed by atoms with E-state index in [1.807, 2.05) is 13.1 Å². The summed E-state index contributed by atoms with van der Waals surface area (Å²) in [5.74, 6) is 0.242. The highest BCUT2D eigenvalue weighted by Crippen LogP contribution is 2.30. The molecule has 1 aromatic carbocycles. The molecule has 24 heavy (non-hydrogen) atoms. The van der Waals surface area contributed by atoms with Crippen LogP contribution < -0.4 is 5.32 Å². The highest BCUT2D eigenvalue weighted by molar-refractivity contribution is 5.91. The zero-order valence-electron chi connectivity index (χ0n) is 13.9. The Hall–Kier alpha value is -2.21. The van der Waals surface area contributed by atoms with Crippen molar-refractivity contribution in [2.45, 2.75) is 31.7 Å². The first-order valence-electron chi connectivity index (χ1n) is 8.41. The number of nitrogens with zero attached hydrogens (tertiary/aromatic N) is 3. The number of carbonyl (C=O) groups is 1. The normalized spacial score (nSPS) is 19.0. The molecular weight excluding hydrogens is 307 g/mol. The maximum absolute atomic E-state index is 13.6. The Morgan fingerprint density at radius 1 is 1.33 bits per heavy atom. The molecule has 1 fully saturated rings. The molecule has 1 aliphatic rings. The minimum Gasteiger partial charge on any atom is -0.308 e. The van der Waals surface area contributed by atoms with E-state index in [9.17, 15) is 9.18 Å². The largest absolute Gasteiger partial charge is 0.308 e. The first kappa shape index (κ1) is 16.6. The molecule has 0 radical (unpaired) electrons. The van der Waals surface area contributed by atoms with E-state index in [0.29, 0.717) is 5.82 Å². The molecule has 128 valence electrons. The molecule has 1 atom stereocenters. The fourth-order valence-corrected chi connectivity index (χ4v) is 3.30. The molecule has 6 heteroatoms. The smallest absolute Gasteiger partial charge is 0.239 e. The van der Waals surface area contributed by atoms with Crippen LogP contribution in [0.2, 0.25) is 0 Å². The molecule has 1 aliphatic heterocycles. The van der Waals surface area contributed by atoms with E-state index in [1.165, 1.54) is 6.07 Å². The third-order valence-corrected chi connectivity index (χ3v) is 4.42. The van der Waals surface area contributed by atoms with Crippen molar-refractivity contribution < 1.29 is 9.18 Å². The molecule has 1 N–H and O–H groups in total. The highest BCUT2D eigenvalue weighted by atomic mass is 19.1. The van der Waals surface area contributed by atoms with E-state index in [0.717, 1.165) is 37.8 Å². The lowest BCUT2D eigenvalue weighted by Crippen LogP contribution is -2.36. The van der Waals surface area contributed by atoms with Crippen molar-refractivity contribution >= 4 is 11.7 Å².